The molecular formula is C34H48F2N6O6. The maximum atomic E-state index is 14.9. The van der Waals surface area contributed by atoms with E-state index in [0.29, 0.717) is 51.1 Å². The Kier molecular flexibility index (Phi) is 11.5. The Morgan fingerprint density at radius 3 is 2.23 bits per heavy atom. The van der Waals surface area contributed by atoms with Crippen LogP contribution < -0.4 is 16.0 Å². The molecule has 2 aliphatic heterocycles. The monoisotopic (exact) mass is 674 g/mol. The molecule has 1 aromatic rings. The molecular weight excluding hydrogens is 626 g/mol. The Morgan fingerprint density at radius 1 is 0.979 bits per heavy atom. The van der Waals surface area contributed by atoms with Gasteiger partial charge in [-0.3, -0.25) is 24.1 Å². The van der Waals surface area contributed by atoms with Crippen LogP contribution in [0.25, 0.3) is 0 Å². The number of benzene rings is 1. The van der Waals surface area contributed by atoms with E-state index in [0.717, 1.165) is 6.07 Å². The highest BCUT2D eigenvalue weighted by molar-refractivity contribution is 5.97. The van der Waals surface area contributed by atoms with Crippen LogP contribution in [0.5, 0.6) is 0 Å². The van der Waals surface area contributed by atoms with Crippen LogP contribution in [0.4, 0.5) is 19.3 Å². The lowest BCUT2D eigenvalue weighted by atomic mass is 10.0. The van der Waals surface area contributed by atoms with Crippen LogP contribution in [0.2, 0.25) is 0 Å². The Balaban J connectivity index is 0.000000562. The summed E-state index contributed by atoms with van der Waals surface area (Å²) < 4.78 is 33.5. The summed E-state index contributed by atoms with van der Waals surface area (Å²) in [6.07, 6.45) is 8.40. The van der Waals surface area contributed by atoms with Crippen molar-refractivity contribution in [2.24, 2.45) is 11.8 Å². The zero-order chi connectivity index (χ0) is 34.4. The number of likely N-dealkylation sites (tertiary alicyclic amines) is 1. The summed E-state index contributed by atoms with van der Waals surface area (Å²) in [5.74, 6) is -0.807. The number of hydrogen-bond donors (Lipinski definition) is 3. The van der Waals surface area contributed by atoms with Crippen molar-refractivity contribution in [1.82, 2.24) is 25.3 Å². The summed E-state index contributed by atoms with van der Waals surface area (Å²) in [4.78, 5) is 67.7. The molecule has 5 amide bonds. The second-order valence-electron chi connectivity index (χ2n) is 13.8. The van der Waals surface area contributed by atoms with Crippen LogP contribution in [-0.4, -0.2) is 116 Å². The normalized spacial score (nSPS) is 22.1. The van der Waals surface area contributed by atoms with Gasteiger partial charge in [0.15, 0.2) is 5.67 Å². The van der Waals surface area contributed by atoms with Gasteiger partial charge in [-0.05, 0) is 68.7 Å². The molecule has 5 aliphatic rings. The average molecular weight is 675 g/mol. The highest BCUT2D eigenvalue weighted by Crippen LogP contribution is 2.44. The molecule has 0 aromatic heterocycles. The van der Waals surface area contributed by atoms with E-state index in [2.05, 4.69) is 20.9 Å². The van der Waals surface area contributed by atoms with E-state index in [4.69, 9.17) is 4.74 Å². The van der Waals surface area contributed by atoms with Crippen molar-refractivity contribution in [2.75, 3.05) is 58.7 Å². The molecule has 12 nitrogen and oxygen atoms in total. The first-order chi connectivity index (χ1) is 23.0. The van der Waals surface area contributed by atoms with Gasteiger partial charge in [0.25, 0.3) is 5.91 Å². The molecule has 2 saturated heterocycles. The zero-order valence-corrected chi connectivity index (χ0v) is 27.9. The molecule has 3 N–H and O–H groups in total. The first-order valence-electron chi connectivity index (χ1n) is 17.1. The minimum atomic E-state index is -1.92. The fourth-order valence-electron chi connectivity index (χ4n) is 6.14. The first-order valence-corrected chi connectivity index (χ1v) is 17.1. The minimum absolute atomic E-state index is 0.0261. The third-order valence-corrected chi connectivity index (χ3v) is 9.71. The number of halogens is 2. The summed E-state index contributed by atoms with van der Waals surface area (Å²) in [5.41, 5.74) is -1.68. The lowest BCUT2D eigenvalue weighted by Crippen LogP contribution is -2.57. The van der Waals surface area contributed by atoms with Gasteiger partial charge in [-0.2, -0.15) is 0 Å². The number of nitrogens with one attached hydrogen (secondary N) is 3. The summed E-state index contributed by atoms with van der Waals surface area (Å²) in [7, 11) is 3.18. The fraction of sp³-hybridized carbons (Fsp3) is 0.676. The molecule has 5 fully saturated rings. The largest absolute Gasteiger partial charge is 0.453 e. The number of piperazine rings is 1. The van der Waals surface area contributed by atoms with E-state index in [1.54, 1.807) is 37.0 Å². The van der Waals surface area contributed by atoms with Gasteiger partial charge in [0.05, 0.1) is 19.3 Å². The second kappa shape index (κ2) is 15.6. The number of rotatable bonds is 11. The summed E-state index contributed by atoms with van der Waals surface area (Å²) in [6, 6.07) is 2.19. The van der Waals surface area contributed by atoms with Gasteiger partial charge >= 0.3 is 6.09 Å². The lowest BCUT2D eigenvalue weighted by Gasteiger charge is -2.35. The summed E-state index contributed by atoms with van der Waals surface area (Å²) >= 11 is 0. The highest BCUT2D eigenvalue weighted by Gasteiger charge is 2.50. The quantitative estimate of drug-likeness (QED) is 0.328. The van der Waals surface area contributed by atoms with E-state index in [9.17, 15) is 32.8 Å². The number of methoxy groups -OCH3 is 1. The fourth-order valence-corrected chi connectivity index (χ4v) is 6.14. The highest BCUT2D eigenvalue weighted by atomic mass is 19.1. The molecule has 2 heterocycles. The number of amides is 5. The van der Waals surface area contributed by atoms with Crippen molar-refractivity contribution < 1.29 is 37.5 Å². The van der Waals surface area contributed by atoms with E-state index in [-0.39, 0.29) is 30.9 Å². The SMILES string of the molecule is C1CC1CC1CC1.COC(=O)N1CCCC1C(=O)NC(Cc1ccc(NC(=O)CNC(=O)C2(F)CC2)c(F)c1)C(=O)N1CCN(C)CC1. The third kappa shape index (κ3) is 9.86. The maximum absolute atomic E-state index is 14.9. The standard InChI is InChI=1S/C27H36F2N6O6.C7H12/c1-33-10-12-34(13-11-33)24(38)20(32-23(37)21-4-3-9-35(21)26(40)41-2)15-17-5-6-19(18(28)14-17)31-22(36)16-30-25(39)27(29)7-8-27;1-2-6(1)5-7-3-4-7/h5-6,14,20-21H,3-4,7-13,15-16H2,1-2H3,(H,30,39)(H,31,36)(H,32,37);6-7H,1-5H2. The van der Waals surface area contributed by atoms with Crippen LogP contribution in [0.1, 0.15) is 63.4 Å². The van der Waals surface area contributed by atoms with E-state index < -0.39 is 53.9 Å². The lowest BCUT2D eigenvalue weighted by molar-refractivity contribution is -0.138. The molecule has 3 aliphatic carbocycles. The number of anilines is 1. The van der Waals surface area contributed by atoms with E-state index in [1.807, 2.05) is 7.05 Å². The Hall–Kier alpha value is -3.81. The Labute approximate surface area is 280 Å². The van der Waals surface area contributed by atoms with Gasteiger partial charge in [0.2, 0.25) is 17.7 Å². The van der Waals surface area contributed by atoms with Crippen molar-refractivity contribution in [3.8, 4) is 0 Å². The topological polar surface area (TPSA) is 140 Å². The van der Waals surface area contributed by atoms with Gasteiger partial charge in [0.1, 0.15) is 17.9 Å². The van der Waals surface area contributed by atoms with Crippen molar-refractivity contribution in [3.05, 3.63) is 29.6 Å². The number of carbonyl (C=O) groups excluding carboxylic acids is 5. The van der Waals surface area contributed by atoms with E-state index >= 15 is 0 Å². The van der Waals surface area contributed by atoms with Crippen molar-refractivity contribution in [3.63, 3.8) is 0 Å². The first kappa shape index (κ1) is 35.5. The number of nitrogens with zero attached hydrogens (tertiary/aromatic N) is 3. The molecule has 1 aromatic carbocycles. The van der Waals surface area contributed by atoms with Gasteiger partial charge in [-0.15, -0.1) is 0 Å². The van der Waals surface area contributed by atoms with Gasteiger partial charge in [-0.1, -0.05) is 31.7 Å². The Bertz CT molecular complexity index is 1350. The molecule has 2 atom stereocenters. The zero-order valence-electron chi connectivity index (χ0n) is 27.9. The average Bonchev–Trinajstić information content (AvgIpc) is 4.03. The molecule has 0 bridgehead atoms. The van der Waals surface area contributed by atoms with Crippen LogP contribution in [-0.2, 0) is 30.3 Å². The molecule has 3 saturated carbocycles. The molecule has 0 radical (unpaired) electrons. The predicted octanol–water partition coefficient (Wildman–Crippen LogP) is 2.61. The van der Waals surface area contributed by atoms with Crippen molar-refractivity contribution >= 4 is 35.4 Å². The number of hydrogen-bond acceptors (Lipinski definition) is 7. The minimum Gasteiger partial charge on any atom is -0.453 e. The summed E-state index contributed by atoms with van der Waals surface area (Å²) in [5, 5.41) is 7.31. The number of ether oxygens (including phenoxy) is 1. The van der Waals surface area contributed by atoms with Gasteiger partial charge < -0.3 is 30.5 Å². The summed E-state index contributed by atoms with van der Waals surface area (Å²) in [6.45, 7) is 2.13. The van der Waals surface area contributed by atoms with Crippen LogP contribution in [0, 0.1) is 17.7 Å². The van der Waals surface area contributed by atoms with E-state index in [1.165, 1.54) is 36.0 Å². The molecule has 6 rings (SSSR count). The molecule has 264 valence electrons. The number of alkyl halides is 1. The number of likely N-dealkylation sites (N-methyl/N-ethyl adjacent to an activating group) is 1. The molecule has 48 heavy (non-hydrogen) atoms. The van der Waals surface area contributed by atoms with Crippen LogP contribution in [0.3, 0.4) is 0 Å². The van der Waals surface area contributed by atoms with Crippen molar-refractivity contribution in [1.29, 1.82) is 0 Å². The molecule has 2 unspecified atom stereocenters. The van der Waals surface area contributed by atoms with Crippen molar-refractivity contribution in [2.45, 2.75) is 82.0 Å². The Morgan fingerprint density at radius 2 is 1.65 bits per heavy atom. The third-order valence-electron chi connectivity index (χ3n) is 9.71. The maximum Gasteiger partial charge on any atom is 0.410 e. The van der Waals surface area contributed by atoms with Crippen LogP contribution >= 0.6 is 0 Å². The van der Waals surface area contributed by atoms with Gasteiger partial charge in [0, 0.05) is 39.1 Å². The number of carbonyl (C=O) groups is 5. The molecule has 0 spiro atoms. The van der Waals surface area contributed by atoms with Gasteiger partial charge in [-0.25, -0.2) is 13.6 Å². The van der Waals surface area contributed by atoms with Crippen LogP contribution in [0.15, 0.2) is 18.2 Å². The molecule has 14 heteroatoms. The second-order valence-corrected chi connectivity index (χ2v) is 13.8. The predicted molar refractivity (Wildman–Crippen MR) is 173 cm³/mol. The smallest absolute Gasteiger partial charge is 0.410 e.